The maximum absolute atomic E-state index is 13.3. The maximum atomic E-state index is 13.3. The molecular weight excluding hydrogens is 457 g/mol. The highest BCUT2D eigenvalue weighted by atomic mass is 35.5. The Kier molecular flexibility index (Phi) is 5.92. The van der Waals surface area contributed by atoms with Crippen LogP contribution in [0.4, 0.5) is 11.4 Å². The number of anilines is 2. The summed E-state index contributed by atoms with van der Waals surface area (Å²) in [7, 11) is -3.77. The highest BCUT2D eigenvalue weighted by molar-refractivity contribution is 7.92. The fourth-order valence-corrected chi connectivity index (χ4v) is 5.73. The number of hydrogen-bond acceptors (Lipinski definition) is 4. The Hall–Kier alpha value is -2.61. The van der Waals surface area contributed by atoms with E-state index in [0.29, 0.717) is 36.5 Å². The number of aryl methyl sites for hydroxylation is 2. The van der Waals surface area contributed by atoms with Crippen molar-refractivity contribution >= 4 is 50.5 Å². The van der Waals surface area contributed by atoms with E-state index in [9.17, 15) is 13.2 Å². The predicted molar refractivity (Wildman–Crippen MR) is 123 cm³/mol. The molecule has 1 aliphatic rings. The van der Waals surface area contributed by atoms with Gasteiger partial charge in [-0.25, -0.2) is 8.42 Å². The molecular formula is C22H19Cl2N3O3S. The SMILES string of the molecule is Cc1cccc(S(=O)(=O)N2CCCc3ncc(NC(=O)c4c(Cl)cccc4Cl)cc32)c1. The number of fused-ring (bicyclic) bond motifs is 1. The summed E-state index contributed by atoms with van der Waals surface area (Å²) in [6.45, 7) is 2.18. The van der Waals surface area contributed by atoms with Crippen LogP contribution < -0.4 is 9.62 Å². The number of sulfonamides is 1. The minimum absolute atomic E-state index is 0.146. The van der Waals surface area contributed by atoms with E-state index in [1.807, 2.05) is 13.0 Å². The molecule has 1 amide bonds. The molecule has 1 aromatic heterocycles. The average molecular weight is 476 g/mol. The number of halogens is 2. The van der Waals surface area contributed by atoms with E-state index >= 15 is 0 Å². The molecule has 2 aromatic carbocycles. The molecule has 1 aliphatic heterocycles. The zero-order valence-electron chi connectivity index (χ0n) is 16.6. The van der Waals surface area contributed by atoms with Crippen molar-refractivity contribution in [3.05, 3.63) is 81.6 Å². The monoisotopic (exact) mass is 475 g/mol. The lowest BCUT2D eigenvalue weighted by Gasteiger charge is -2.30. The number of benzene rings is 2. The number of rotatable bonds is 4. The van der Waals surface area contributed by atoms with Gasteiger partial charge < -0.3 is 5.32 Å². The molecule has 4 rings (SSSR count). The number of nitrogens with zero attached hydrogens (tertiary/aromatic N) is 2. The first-order valence-electron chi connectivity index (χ1n) is 9.61. The first kappa shape index (κ1) is 21.6. The second kappa shape index (κ2) is 8.49. The Bertz CT molecular complexity index is 1260. The number of carbonyl (C=O) groups excluding carboxylic acids is 1. The third kappa shape index (κ3) is 4.26. The molecule has 0 fully saturated rings. The van der Waals surface area contributed by atoms with Gasteiger partial charge in [-0.05, 0) is 55.7 Å². The molecule has 0 saturated heterocycles. The lowest BCUT2D eigenvalue weighted by molar-refractivity contribution is 0.102. The van der Waals surface area contributed by atoms with Gasteiger partial charge in [0.05, 0.1) is 43.8 Å². The van der Waals surface area contributed by atoms with Gasteiger partial charge in [-0.3, -0.25) is 14.1 Å². The van der Waals surface area contributed by atoms with Crippen molar-refractivity contribution in [1.29, 1.82) is 0 Å². The molecule has 3 aromatic rings. The van der Waals surface area contributed by atoms with Crippen LogP contribution in [-0.4, -0.2) is 25.9 Å². The summed E-state index contributed by atoms with van der Waals surface area (Å²) >= 11 is 12.2. The lowest BCUT2D eigenvalue weighted by atomic mass is 10.1. The van der Waals surface area contributed by atoms with E-state index in [1.165, 1.54) is 10.5 Å². The molecule has 0 spiro atoms. The van der Waals surface area contributed by atoms with Gasteiger partial charge in [-0.15, -0.1) is 0 Å². The van der Waals surface area contributed by atoms with Gasteiger partial charge in [-0.2, -0.15) is 0 Å². The quantitative estimate of drug-likeness (QED) is 0.569. The van der Waals surface area contributed by atoms with Crippen LogP contribution in [-0.2, 0) is 16.4 Å². The van der Waals surface area contributed by atoms with Gasteiger partial charge in [0.15, 0.2) is 0 Å². The van der Waals surface area contributed by atoms with E-state index < -0.39 is 15.9 Å². The molecule has 9 heteroatoms. The normalized spacial score (nSPS) is 13.6. The number of hydrogen-bond donors (Lipinski definition) is 1. The molecule has 0 aliphatic carbocycles. The van der Waals surface area contributed by atoms with Crippen molar-refractivity contribution in [3.63, 3.8) is 0 Å². The highest BCUT2D eigenvalue weighted by Crippen LogP contribution is 2.33. The molecule has 0 unspecified atom stereocenters. The molecule has 0 atom stereocenters. The first-order valence-corrected chi connectivity index (χ1v) is 11.8. The number of nitrogens with one attached hydrogen (secondary N) is 1. The van der Waals surface area contributed by atoms with E-state index in [0.717, 1.165) is 5.56 Å². The zero-order valence-corrected chi connectivity index (χ0v) is 18.9. The Morgan fingerprint density at radius 3 is 2.52 bits per heavy atom. The summed E-state index contributed by atoms with van der Waals surface area (Å²) in [6, 6.07) is 13.2. The van der Waals surface area contributed by atoms with E-state index in [4.69, 9.17) is 23.2 Å². The van der Waals surface area contributed by atoms with E-state index in [-0.39, 0.29) is 20.5 Å². The van der Waals surface area contributed by atoms with Crippen molar-refractivity contribution in [2.45, 2.75) is 24.7 Å². The van der Waals surface area contributed by atoms with Crippen molar-refractivity contribution in [1.82, 2.24) is 4.98 Å². The largest absolute Gasteiger partial charge is 0.320 e. The van der Waals surface area contributed by atoms with Gasteiger partial charge >= 0.3 is 0 Å². The number of aromatic nitrogens is 1. The highest BCUT2D eigenvalue weighted by Gasteiger charge is 2.30. The number of carbonyl (C=O) groups is 1. The van der Waals surface area contributed by atoms with Gasteiger partial charge in [0.25, 0.3) is 15.9 Å². The summed E-state index contributed by atoms with van der Waals surface area (Å²) in [4.78, 5) is 17.3. The topological polar surface area (TPSA) is 79.4 Å². The second-order valence-corrected chi connectivity index (χ2v) is 9.91. The van der Waals surface area contributed by atoms with Crippen LogP contribution in [0.3, 0.4) is 0 Å². The second-order valence-electron chi connectivity index (χ2n) is 7.24. The lowest BCUT2D eigenvalue weighted by Crippen LogP contribution is -2.36. The maximum Gasteiger partial charge on any atom is 0.264 e. The van der Waals surface area contributed by atoms with Gasteiger partial charge in [-0.1, -0.05) is 41.4 Å². The van der Waals surface area contributed by atoms with Crippen LogP contribution in [0.5, 0.6) is 0 Å². The van der Waals surface area contributed by atoms with Crippen molar-refractivity contribution < 1.29 is 13.2 Å². The van der Waals surface area contributed by atoms with Crippen LogP contribution in [0, 0.1) is 6.92 Å². The Balaban J connectivity index is 1.69. The molecule has 160 valence electrons. The summed E-state index contributed by atoms with van der Waals surface area (Å²) < 4.78 is 28.0. The van der Waals surface area contributed by atoms with Crippen LogP contribution in [0.15, 0.2) is 59.6 Å². The molecule has 6 nitrogen and oxygen atoms in total. The van der Waals surface area contributed by atoms with Crippen molar-refractivity contribution in [2.75, 3.05) is 16.2 Å². The smallest absolute Gasteiger partial charge is 0.264 e. The number of pyridine rings is 1. The van der Waals surface area contributed by atoms with Crippen LogP contribution in [0.2, 0.25) is 10.0 Å². The van der Waals surface area contributed by atoms with Crippen molar-refractivity contribution in [2.24, 2.45) is 0 Å². The summed E-state index contributed by atoms with van der Waals surface area (Å²) in [6.07, 6.45) is 2.82. The fourth-order valence-electron chi connectivity index (χ4n) is 3.53. The summed E-state index contributed by atoms with van der Waals surface area (Å²) in [5, 5.41) is 3.16. The Labute approximate surface area is 190 Å². The van der Waals surface area contributed by atoms with E-state index in [2.05, 4.69) is 10.3 Å². The van der Waals surface area contributed by atoms with Crippen LogP contribution in [0.25, 0.3) is 0 Å². The predicted octanol–water partition coefficient (Wildman–Crippen LogP) is 5.09. The minimum Gasteiger partial charge on any atom is -0.320 e. The van der Waals surface area contributed by atoms with Gasteiger partial charge in [0.1, 0.15) is 0 Å². The molecule has 1 N–H and O–H groups in total. The summed E-state index contributed by atoms with van der Waals surface area (Å²) in [5.41, 5.74) is 2.47. The molecule has 31 heavy (non-hydrogen) atoms. The average Bonchev–Trinajstić information content (AvgIpc) is 2.73. The first-order chi connectivity index (χ1) is 14.8. The van der Waals surface area contributed by atoms with Gasteiger partial charge in [0.2, 0.25) is 0 Å². The Morgan fingerprint density at radius 2 is 1.81 bits per heavy atom. The summed E-state index contributed by atoms with van der Waals surface area (Å²) in [5.74, 6) is -0.499. The zero-order chi connectivity index (χ0) is 22.2. The Morgan fingerprint density at radius 1 is 1.10 bits per heavy atom. The minimum atomic E-state index is -3.77. The fraction of sp³-hybridized carbons (Fsp3) is 0.182. The third-order valence-electron chi connectivity index (χ3n) is 5.02. The molecule has 0 saturated carbocycles. The molecule has 0 radical (unpaired) electrons. The number of amides is 1. The molecule has 2 heterocycles. The van der Waals surface area contributed by atoms with E-state index in [1.54, 1.807) is 42.5 Å². The standard InChI is InChI=1S/C22H19Cl2N3O3S/c1-14-5-2-6-16(11-14)31(29,30)27-10-4-9-19-20(27)12-15(13-25-19)26-22(28)21-17(23)7-3-8-18(21)24/h2-3,5-8,11-13H,4,9-10H2,1H3,(H,26,28). The third-order valence-corrected chi connectivity index (χ3v) is 7.46. The molecule has 0 bridgehead atoms. The van der Waals surface area contributed by atoms with Crippen LogP contribution >= 0.6 is 23.2 Å². The van der Waals surface area contributed by atoms with Gasteiger partial charge in [0, 0.05) is 6.54 Å². The van der Waals surface area contributed by atoms with Crippen molar-refractivity contribution in [3.8, 4) is 0 Å². The van der Waals surface area contributed by atoms with Crippen LogP contribution in [0.1, 0.15) is 28.0 Å².